The summed E-state index contributed by atoms with van der Waals surface area (Å²) in [6, 6.07) is 11.8. The summed E-state index contributed by atoms with van der Waals surface area (Å²) in [4.78, 5) is 29.5. The number of ether oxygens (including phenoxy) is 2. The van der Waals surface area contributed by atoms with E-state index in [9.17, 15) is 18.0 Å². The molecule has 0 spiro atoms. The van der Waals surface area contributed by atoms with Gasteiger partial charge in [-0.15, -0.1) is 0 Å². The van der Waals surface area contributed by atoms with E-state index < -0.39 is 22.1 Å². The molecule has 0 radical (unpaired) electrons. The molecule has 0 aromatic heterocycles. The van der Waals surface area contributed by atoms with Crippen molar-refractivity contribution in [2.24, 2.45) is 0 Å². The van der Waals surface area contributed by atoms with E-state index in [1.54, 1.807) is 24.3 Å². The van der Waals surface area contributed by atoms with Crippen LogP contribution in [-0.2, 0) is 19.6 Å². The first-order chi connectivity index (χ1) is 13.7. The van der Waals surface area contributed by atoms with Gasteiger partial charge in [-0.05, 0) is 56.3 Å². The second-order valence-corrected chi connectivity index (χ2v) is 7.93. The van der Waals surface area contributed by atoms with Crippen LogP contribution in [-0.4, -0.2) is 51.5 Å². The van der Waals surface area contributed by atoms with E-state index in [-0.39, 0.29) is 16.2 Å². The molecule has 2 aromatic rings. The van der Waals surface area contributed by atoms with Crippen LogP contribution < -0.4 is 4.74 Å². The van der Waals surface area contributed by atoms with Crippen molar-refractivity contribution >= 4 is 21.8 Å². The third-order valence-corrected chi connectivity index (χ3v) is 5.74. The molecule has 8 nitrogen and oxygen atoms in total. The molecule has 0 bridgehead atoms. The van der Waals surface area contributed by atoms with Crippen LogP contribution in [0.25, 0.3) is 0 Å². The van der Waals surface area contributed by atoms with Crippen LogP contribution in [0.5, 0.6) is 5.75 Å². The first kappa shape index (κ1) is 22.5. The second-order valence-electron chi connectivity index (χ2n) is 5.99. The average molecular weight is 421 g/mol. The number of hydrogen-bond acceptors (Lipinski definition) is 7. The number of ketones is 1. The molecule has 0 heterocycles. The third kappa shape index (κ3) is 5.41. The van der Waals surface area contributed by atoms with Gasteiger partial charge in [-0.2, -0.15) is 0 Å². The molecule has 2 rings (SSSR count). The monoisotopic (exact) mass is 421 g/mol. The highest BCUT2D eigenvalue weighted by molar-refractivity contribution is 7.89. The lowest BCUT2D eigenvalue weighted by molar-refractivity contribution is -0.0258. The van der Waals surface area contributed by atoms with Crippen molar-refractivity contribution in [1.82, 2.24) is 4.47 Å². The molecule has 0 aliphatic heterocycles. The van der Waals surface area contributed by atoms with Gasteiger partial charge in [0.1, 0.15) is 5.75 Å². The summed E-state index contributed by atoms with van der Waals surface area (Å²) in [7, 11) is -1.47. The molecule has 0 aliphatic rings. The lowest BCUT2D eigenvalue weighted by Gasteiger charge is -2.15. The highest BCUT2D eigenvalue weighted by Gasteiger charge is 2.24. The SMILES string of the molecule is CCOc1ccc(C(=O)[C@H](C)OC(=O)c2cccc(S(=O)(=O)N(C)OC)c2)cc1. The molecule has 0 N–H and O–H groups in total. The first-order valence-electron chi connectivity index (χ1n) is 8.81. The number of carbonyl (C=O) groups excluding carboxylic acids is 2. The van der Waals surface area contributed by atoms with E-state index >= 15 is 0 Å². The molecule has 29 heavy (non-hydrogen) atoms. The maximum atomic E-state index is 12.5. The largest absolute Gasteiger partial charge is 0.494 e. The molecule has 0 saturated carbocycles. The number of rotatable bonds is 9. The van der Waals surface area contributed by atoms with Crippen molar-refractivity contribution < 1.29 is 32.3 Å². The number of hydrogen-bond donors (Lipinski definition) is 0. The molecular formula is C20H23NO7S. The number of Topliss-reactive ketones (excluding diaryl/α,β-unsaturated/α-hetero) is 1. The zero-order valence-electron chi connectivity index (χ0n) is 16.6. The van der Waals surface area contributed by atoms with Crippen LogP contribution in [0.1, 0.15) is 34.6 Å². The molecule has 0 amide bonds. The first-order valence-corrected chi connectivity index (χ1v) is 10.3. The van der Waals surface area contributed by atoms with Crippen LogP contribution in [0, 0.1) is 0 Å². The standard InChI is InChI=1S/C20H23NO7S/c1-5-27-17-11-9-15(10-12-17)19(22)14(2)28-20(23)16-7-6-8-18(13-16)29(24,25)21(3)26-4/h6-14H,5H2,1-4H3/t14-/m0/s1. The van der Waals surface area contributed by atoms with E-state index in [1.165, 1.54) is 45.3 Å². The van der Waals surface area contributed by atoms with Crippen molar-refractivity contribution in [3.8, 4) is 5.75 Å². The molecule has 0 saturated heterocycles. The lowest BCUT2D eigenvalue weighted by atomic mass is 10.1. The van der Waals surface area contributed by atoms with E-state index in [4.69, 9.17) is 14.3 Å². The average Bonchev–Trinajstić information content (AvgIpc) is 2.73. The van der Waals surface area contributed by atoms with Crippen LogP contribution in [0.2, 0.25) is 0 Å². The van der Waals surface area contributed by atoms with Gasteiger partial charge in [0.15, 0.2) is 6.10 Å². The zero-order chi connectivity index (χ0) is 21.6. The second kappa shape index (κ2) is 9.64. The Bertz CT molecular complexity index is 971. The normalized spacial score (nSPS) is 12.4. The van der Waals surface area contributed by atoms with Gasteiger partial charge in [0.2, 0.25) is 5.78 Å². The minimum absolute atomic E-state index is 0.00178. The Kier molecular flexibility index (Phi) is 7.49. The third-order valence-electron chi connectivity index (χ3n) is 4.07. The Hall–Kier alpha value is -2.75. The highest BCUT2D eigenvalue weighted by atomic mass is 32.2. The molecule has 0 aliphatic carbocycles. The maximum Gasteiger partial charge on any atom is 0.338 e. The van der Waals surface area contributed by atoms with Crippen molar-refractivity contribution in [1.29, 1.82) is 0 Å². The van der Waals surface area contributed by atoms with Gasteiger partial charge in [-0.25, -0.2) is 13.2 Å². The van der Waals surface area contributed by atoms with E-state index in [0.29, 0.717) is 22.4 Å². The van der Waals surface area contributed by atoms with E-state index in [0.717, 1.165) is 0 Å². The number of benzene rings is 2. The molecule has 0 fully saturated rings. The van der Waals surface area contributed by atoms with Crippen LogP contribution in [0.4, 0.5) is 0 Å². The van der Waals surface area contributed by atoms with E-state index in [1.807, 2.05) is 6.92 Å². The van der Waals surface area contributed by atoms with Crippen molar-refractivity contribution in [2.75, 3.05) is 20.8 Å². The summed E-state index contributed by atoms with van der Waals surface area (Å²) in [5.74, 6) is -0.564. The van der Waals surface area contributed by atoms with Gasteiger partial charge in [0, 0.05) is 12.6 Å². The maximum absolute atomic E-state index is 12.5. The van der Waals surface area contributed by atoms with E-state index in [2.05, 4.69) is 0 Å². The molecule has 156 valence electrons. The van der Waals surface area contributed by atoms with Gasteiger partial charge in [0.05, 0.1) is 24.2 Å². The zero-order valence-corrected chi connectivity index (χ0v) is 17.4. The smallest absolute Gasteiger partial charge is 0.338 e. The Labute approximate surface area is 170 Å². The number of nitrogens with zero attached hydrogens (tertiary/aromatic N) is 1. The fourth-order valence-corrected chi connectivity index (χ4v) is 3.45. The summed E-state index contributed by atoms with van der Waals surface area (Å²) in [5.41, 5.74) is 0.369. The van der Waals surface area contributed by atoms with Crippen molar-refractivity contribution in [3.05, 3.63) is 59.7 Å². The van der Waals surface area contributed by atoms with Crippen molar-refractivity contribution in [2.45, 2.75) is 24.8 Å². The summed E-state index contributed by atoms with van der Waals surface area (Å²) in [6.45, 7) is 3.82. The fourth-order valence-electron chi connectivity index (χ4n) is 2.43. The number of carbonyl (C=O) groups is 2. The lowest BCUT2D eigenvalue weighted by Crippen LogP contribution is -2.26. The minimum atomic E-state index is -3.92. The van der Waals surface area contributed by atoms with Gasteiger partial charge in [0.25, 0.3) is 10.0 Å². The van der Waals surface area contributed by atoms with Crippen LogP contribution in [0.15, 0.2) is 53.4 Å². The van der Waals surface area contributed by atoms with Gasteiger partial charge in [-0.3, -0.25) is 9.63 Å². The predicted molar refractivity (Wildman–Crippen MR) is 105 cm³/mol. The van der Waals surface area contributed by atoms with Gasteiger partial charge in [-0.1, -0.05) is 10.5 Å². The van der Waals surface area contributed by atoms with Crippen LogP contribution in [0.3, 0.4) is 0 Å². The summed E-state index contributed by atoms with van der Waals surface area (Å²) in [5, 5.41) is 0. The number of esters is 1. The quantitative estimate of drug-likeness (QED) is 0.349. The molecule has 9 heteroatoms. The summed E-state index contributed by atoms with van der Waals surface area (Å²) < 4.78 is 35.9. The molecule has 2 aromatic carbocycles. The van der Waals surface area contributed by atoms with Crippen LogP contribution >= 0.6 is 0 Å². The fraction of sp³-hybridized carbons (Fsp3) is 0.300. The summed E-state index contributed by atoms with van der Waals surface area (Å²) in [6.07, 6.45) is -1.05. The summed E-state index contributed by atoms with van der Waals surface area (Å²) >= 11 is 0. The number of sulfonamides is 1. The predicted octanol–water partition coefficient (Wildman–Crippen LogP) is 2.70. The Morgan fingerprint density at radius 3 is 2.31 bits per heavy atom. The van der Waals surface area contributed by atoms with Gasteiger partial charge >= 0.3 is 5.97 Å². The van der Waals surface area contributed by atoms with Crippen molar-refractivity contribution in [3.63, 3.8) is 0 Å². The minimum Gasteiger partial charge on any atom is -0.494 e. The topological polar surface area (TPSA) is 99.2 Å². The molecule has 0 unspecified atom stereocenters. The molecular weight excluding hydrogens is 398 g/mol. The highest BCUT2D eigenvalue weighted by Crippen LogP contribution is 2.18. The Morgan fingerprint density at radius 2 is 1.72 bits per heavy atom. The van der Waals surface area contributed by atoms with Gasteiger partial charge < -0.3 is 9.47 Å². The Balaban J connectivity index is 2.13. The molecule has 1 atom stereocenters. The Morgan fingerprint density at radius 1 is 1.07 bits per heavy atom. The number of hydroxylamine groups is 1.